The Morgan fingerprint density at radius 3 is 2.54 bits per heavy atom. The first kappa shape index (κ1) is 20.7. The van der Waals surface area contributed by atoms with Gasteiger partial charge in [-0.05, 0) is 51.7 Å². The van der Waals surface area contributed by atoms with E-state index in [2.05, 4.69) is 67.2 Å². The van der Waals surface area contributed by atoms with E-state index in [1.807, 2.05) is 7.05 Å². The molecule has 1 N–H and O–H groups in total. The molecule has 1 saturated heterocycles. The first-order valence-electron chi connectivity index (χ1n) is 9.70. The van der Waals surface area contributed by atoms with Crippen molar-refractivity contribution in [3.63, 3.8) is 0 Å². The lowest BCUT2D eigenvalue weighted by Gasteiger charge is -2.34. The normalized spacial score (nSPS) is 16.8. The molecule has 0 unspecified atom stereocenters. The fourth-order valence-electron chi connectivity index (χ4n) is 3.11. The highest BCUT2D eigenvalue weighted by Crippen LogP contribution is 2.15. The molecule has 0 aliphatic carbocycles. The van der Waals surface area contributed by atoms with Gasteiger partial charge in [0.25, 0.3) is 0 Å². The standard InChI is InChI=1S/C21H35N3O2/c1-6-25-19-10-12-24(13-11-19)20(22-5)23-15-17-8-7-9-18(14-17)16-26-21(2,3)4/h7-9,14,19H,6,10-13,15-16H2,1-5H3,(H,22,23). The molecule has 0 saturated carbocycles. The van der Waals surface area contributed by atoms with Crippen molar-refractivity contribution >= 4 is 5.96 Å². The number of aliphatic imine (C=N–C) groups is 1. The van der Waals surface area contributed by atoms with Gasteiger partial charge >= 0.3 is 0 Å². The van der Waals surface area contributed by atoms with Crippen molar-refractivity contribution in [3.8, 4) is 0 Å². The number of rotatable bonds is 6. The zero-order valence-electron chi connectivity index (χ0n) is 17.0. The molecule has 1 heterocycles. The molecule has 0 amide bonds. The molecule has 1 fully saturated rings. The zero-order chi connectivity index (χ0) is 19.0. The third-order valence-electron chi connectivity index (χ3n) is 4.47. The average molecular weight is 362 g/mol. The third kappa shape index (κ3) is 6.96. The Bertz CT molecular complexity index is 573. The van der Waals surface area contributed by atoms with Crippen LogP contribution in [0.25, 0.3) is 0 Å². The largest absolute Gasteiger partial charge is 0.378 e. The average Bonchev–Trinajstić information content (AvgIpc) is 2.62. The van der Waals surface area contributed by atoms with Crippen molar-refractivity contribution in [2.24, 2.45) is 4.99 Å². The summed E-state index contributed by atoms with van der Waals surface area (Å²) in [6, 6.07) is 8.55. The first-order chi connectivity index (χ1) is 12.4. The highest BCUT2D eigenvalue weighted by atomic mass is 16.5. The number of piperidine rings is 1. The second-order valence-electron chi connectivity index (χ2n) is 7.76. The Labute approximate surface area is 158 Å². The maximum atomic E-state index is 5.88. The summed E-state index contributed by atoms with van der Waals surface area (Å²) < 4.78 is 11.6. The molecule has 1 aromatic carbocycles. The van der Waals surface area contributed by atoms with Gasteiger partial charge in [-0.15, -0.1) is 0 Å². The quantitative estimate of drug-likeness (QED) is 0.621. The number of guanidine groups is 1. The fourth-order valence-corrected chi connectivity index (χ4v) is 3.11. The molecule has 1 aliphatic heterocycles. The molecule has 26 heavy (non-hydrogen) atoms. The van der Waals surface area contributed by atoms with Crippen LogP contribution in [0.4, 0.5) is 0 Å². The van der Waals surface area contributed by atoms with Crippen molar-refractivity contribution in [2.75, 3.05) is 26.7 Å². The molecule has 0 spiro atoms. The highest BCUT2D eigenvalue weighted by Gasteiger charge is 2.21. The van der Waals surface area contributed by atoms with E-state index in [4.69, 9.17) is 9.47 Å². The van der Waals surface area contributed by atoms with Crippen LogP contribution in [0.15, 0.2) is 29.3 Å². The number of hydrogen-bond acceptors (Lipinski definition) is 3. The van der Waals surface area contributed by atoms with Gasteiger partial charge in [-0.1, -0.05) is 24.3 Å². The van der Waals surface area contributed by atoms with Gasteiger partial charge in [0.15, 0.2) is 5.96 Å². The summed E-state index contributed by atoms with van der Waals surface area (Å²) in [5, 5.41) is 3.50. The van der Waals surface area contributed by atoms with E-state index in [-0.39, 0.29) is 5.60 Å². The predicted molar refractivity (Wildman–Crippen MR) is 107 cm³/mol. The lowest BCUT2D eigenvalue weighted by molar-refractivity contribution is -0.0149. The third-order valence-corrected chi connectivity index (χ3v) is 4.47. The van der Waals surface area contributed by atoms with Gasteiger partial charge in [-0.3, -0.25) is 4.99 Å². The SMILES string of the molecule is CCOC1CCN(C(=NC)NCc2cccc(COC(C)(C)C)c2)CC1. The number of nitrogens with zero attached hydrogens (tertiary/aromatic N) is 2. The van der Waals surface area contributed by atoms with Gasteiger partial charge in [0, 0.05) is 33.3 Å². The van der Waals surface area contributed by atoms with E-state index < -0.39 is 0 Å². The number of ether oxygens (including phenoxy) is 2. The summed E-state index contributed by atoms with van der Waals surface area (Å²) >= 11 is 0. The van der Waals surface area contributed by atoms with Crippen LogP contribution in [0.3, 0.4) is 0 Å². The summed E-state index contributed by atoms with van der Waals surface area (Å²) in [4.78, 5) is 6.78. The molecule has 1 aromatic rings. The van der Waals surface area contributed by atoms with Crippen molar-refractivity contribution in [1.29, 1.82) is 0 Å². The van der Waals surface area contributed by atoms with E-state index in [0.717, 1.165) is 45.0 Å². The van der Waals surface area contributed by atoms with Crippen molar-refractivity contribution < 1.29 is 9.47 Å². The van der Waals surface area contributed by atoms with Crippen LogP contribution in [0.5, 0.6) is 0 Å². The smallest absolute Gasteiger partial charge is 0.193 e. The van der Waals surface area contributed by atoms with Crippen LogP contribution in [-0.4, -0.2) is 49.3 Å². The molecule has 0 aromatic heterocycles. The maximum absolute atomic E-state index is 5.88. The van der Waals surface area contributed by atoms with E-state index in [1.54, 1.807) is 0 Å². The van der Waals surface area contributed by atoms with E-state index >= 15 is 0 Å². The molecule has 1 aliphatic rings. The Balaban J connectivity index is 1.85. The second-order valence-corrected chi connectivity index (χ2v) is 7.76. The molecule has 146 valence electrons. The van der Waals surface area contributed by atoms with Crippen LogP contribution in [-0.2, 0) is 22.6 Å². The molecule has 2 rings (SSSR count). The molecular formula is C21H35N3O2. The molecule has 5 nitrogen and oxygen atoms in total. The lowest BCUT2D eigenvalue weighted by atomic mass is 10.1. The summed E-state index contributed by atoms with van der Waals surface area (Å²) in [6.07, 6.45) is 2.52. The maximum Gasteiger partial charge on any atom is 0.193 e. The van der Waals surface area contributed by atoms with Crippen LogP contribution < -0.4 is 5.32 Å². The van der Waals surface area contributed by atoms with Crippen molar-refractivity contribution in [1.82, 2.24) is 10.2 Å². The monoisotopic (exact) mass is 361 g/mol. The minimum Gasteiger partial charge on any atom is -0.378 e. The number of nitrogens with one attached hydrogen (secondary N) is 1. The molecule has 0 bridgehead atoms. The Kier molecular flexibility index (Phi) is 7.91. The Morgan fingerprint density at radius 2 is 1.92 bits per heavy atom. The minimum absolute atomic E-state index is 0.121. The van der Waals surface area contributed by atoms with E-state index in [0.29, 0.717) is 12.7 Å². The Morgan fingerprint density at radius 1 is 1.23 bits per heavy atom. The summed E-state index contributed by atoms with van der Waals surface area (Å²) in [5.74, 6) is 0.969. The van der Waals surface area contributed by atoms with E-state index in [9.17, 15) is 0 Å². The van der Waals surface area contributed by atoms with Crippen LogP contribution in [0.2, 0.25) is 0 Å². The van der Waals surface area contributed by atoms with Gasteiger partial charge in [0.05, 0.1) is 18.3 Å². The van der Waals surface area contributed by atoms with Crippen LogP contribution >= 0.6 is 0 Å². The number of benzene rings is 1. The topological polar surface area (TPSA) is 46.1 Å². The van der Waals surface area contributed by atoms with Crippen LogP contribution in [0.1, 0.15) is 51.7 Å². The van der Waals surface area contributed by atoms with Crippen molar-refractivity contribution in [3.05, 3.63) is 35.4 Å². The van der Waals surface area contributed by atoms with E-state index in [1.165, 1.54) is 11.1 Å². The number of hydrogen-bond donors (Lipinski definition) is 1. The van der Waals surface area contributed by atoms with Crippen LogP contribution in [0, 0.1) is 0 Å². The first-order valence-corrected chi connectivity index (χ1v) is 9.70. The van der Waals surface area contributed by atoms with Gasteiger partial charge in [0.1, 0.15) is 0 Å². The van der Waals surface area contributed by atoms with Gasteiger partial charge in [0.2, 0.25) is 0 Å². The van der Waals surface area contributed by atoms with Gasteiger partial charge in [-0.25, -0.2) is 0 Å². The predicted octanol–water partition coefficient (Wildman–Crippen LogP) is 3.58. The highest BCUT2D eigenvalue weighted by molar-refractivity contribution is 5.79. The second kappa shape index (κ2) is 9.93. The van der Waals surface area contributed by atoms with Gasteiger partial charge < -0.3 is 19.7 Å². The Hall–Kier alpha value is -1.59. The zero-order valence-corrected chi connectivity index (χ0v) is 17.0. The summed E-state index contributed by atoms with van der Waals surface area (Å²) in [7, 11) is 1.85. The fraction of sp³-hybridized carbons (Fsp3) is 0.667. The minimum atomic E-state index is -0.121. The van der Waals surface area contributed by atoms with Gasteiger partial charge in [-0.2, -0.15) is 0 Å². The summed E-state index contributed by atoms with van der Waals surface area (Å²) in [6.45, 7) is 12.5. The van der Waals surface area contributed by atoms with Crippen molar-refractivity contribution in [2.45, 2.75) is 65.4 Å². The molecule has 0 radical (unpaired) electrons. The molecule has 0 atom stereocenters. The number of likely N-dealkylation sites (tertiary alicyclic amines) is 1. The molecular weight excluding hydrogens is 326 g/mol. The molecule has 5 heteroatoms. The summed E-state index contributed by atoms with van der Waals surface area (Å²) in [5.41, 5.74) is 2.32. The lowest BCUT2D eigenvalue weighted by Crippen LogP contribution is -2.46.